The molecule has 1 amide bonds. The molecule has 1 N–H and O–H groups in total. The second kappa shape index (κ2) is 6.01. The maximum Gasteiger partial charge on any atom is 0.261 e. The third kappa shape index (κ3) is 3.10. The summed E-state index contributed by atoms with van der Waals surface area (Å²) in [4.78, 5) is 12.8. The summed E-state index contributed by atoms with van der Waals surface area (Å²) >= 11 is 5.09. The Bertz CT molecular complexity index is 391. The molecule has 1 aliphatic rings. The van der Waals surface area contributed by atoms with Gasteiger partial charge in [0.05, 0.1) is 4.88 Å². The molecule has 0 aliphatic heterocycles. The zero-order valence-corrected chi connectivity index (χ0v) is 12.4. The molecule has 2 unspecified atom stereocenters. The number of rotatable bonds is 4. The number of amides is 1. The number of halogens is 1. The van der Waals surface area contributed by atoms with Crippen LogP contribution in [-0.2, 0) is 0 Å². The number of hydrogen-bond acceptors (Lipinski definition) is 2. The quantitative estimate of drug-likeness (QED) is 0.845. The van der Waals surface area contributed by atoms with Gasteiger partial charge in [-0.15, -0.1) is 11.3 Å². The zero-order valence-electron chi connectivity index (χ0n) is 10.0. The Morgan fingerprint density at radius 1 is 1.53 bits per heavy atom. The smallest absolute Gasteiger partial charge is 0.261 e. The second-order valence-electron chi connectivity index (χ2n) is 4.75. The minimum absolute atomic E-state index is 0.0951. The normalized spacial score (nSPS) is 23.9. The lowest BCUT2D eigenvalue weighted by Crippen LogP contribution is -2.31. The number of aryl methyl sites for hydroxylation is 1. The molecule has 2 atom stereocenters. The average Bonchev–Trinajstić information content (AvgIpc) is 2.94. The number of carbonyl (C=O) groups is 1. The molecule has 94 valence electrons. The van der Waals surface area contributed by atoms with Crippen molar-refractivity contribution in [1.29, 1.82) is 0 Å². The van der Waals surface area contributed by atoms with Crippen molar-refractivity contribution in [1.82, 2.24) is 5.32 Å². The summed E-state index contributed by atoms with van der Waals surface area (Å²) in [5, 5.41) is 6.12. The van der Waals surface area contributed by atoms with E-state index in [-0.39, 0.29) is 5.91 Å². The number of thiophene rings is 1. The number of nitrogens with one attached hydrogen (secondary N) is 1. The van der Waals surface area contributed by atoms with E-state index in [1.807, 2.05) is 18.4 Å². The van der Waals surface area contributed by atoms with Crippen LogP contribution >= 0.6 is 27.3 Å². The highest BCUT2D eigenvalue weighted by Gasteiger charge is 2.26. The topological polar surface area (TPSA) is 29.1 Å². The van der Waals surface area contributed by atoms with Gasteiger partial charge in [-0.1, -0.05) is 22.4 Å². The molecule has 17 heavy (non-hydrogen) atoms. The molecule has 1 fully saturated rings. The maximum absolute atomic E-state index is 12.0. The Kier molecular flexibility index (Phi) is 4.62. The van der Waals surface area contributed by atoms with Crippen LogP contribution in [-0.4, -0.2) is 17.8 Å². The lowest BCUT2D eigenvalue weighted by atomic mass is 9.98. The van der Waals surface area contributed by atoms with E-state index in [2.05, 4.69) is 21.2 Å². The number of carbonyl (C=O) groups excluding carboxylic acids is 1. The summed E-state index contributed by atoms with van der Waals surface area (Å²) in [5.74, 6) is 1.48. The molecule has 2 nitrogen and oxygen atoms in total. The van der Waals surface area contributed by atoms with Gasteiger partial charge in [0.15, 0.2) is 0 Å². The lowest BCUT2D eigenvalue weighted by Gasteiger charge is -2.17. The minimum atomic E-state index is 0.0951. The third-order valence-electron chi connectivity index (χ3n) is 3.61. The molecule has 1 saturated carbocycles. The predicted octanol–water partition coefficient (Wildman–Crippen LogP) is 3.60. The first-order valence-corrected chi connectivity index (χ1v) is 8.10. The van der Waals surface area contributed by atoms with Gasteiger partial charge in [-0.3, -0.25) is 4.79 Å². The van der Waals surface area contributed by atoms with Gasteiger partial charge in [-0.25, -0.2) is 0 Å². The van der Waals surface area contributed by atoms with E-state index in [1.165, 1.54) is 30.6 Å². The zero-order chi connectivity index (χ0) is 12.3. The summed E-state index contributed by atoms with van der Waals surface area (Å²) < 4.78 is 0. The highest BCUT2D eigenvalue weighted by Crippen LogP contribution is 2.32. The van der Waals surface area contributed by atoms with Crippen molar-refractivity contribution in [2.45, 2.75) is 26.2 Å². The van der Waals surface area contributed by atoms with Gasteiger partial charge in [-0.05, 0) is 48.6 Å². The van der Waals surface area contributed by atoms with Crippen LogP contribution in [0.25, 0.3) is 0 Å². The standard InChI is InChI=1S/C13H18BrNOS/c1-9-5-6-17-12(9)13(16)15-8-11-4-2-3-10(11)7-14/h5-6,10-11H,2-4,7-8H2,1H3,(H,15,16). The van der Waals surface area contributed by atoms with Gasteiger partial charge in [0.1, 0.15) is 0 Å². The highest BCUT2D eigenvalue weighted by atomic mass is 79.9. The first kappa shape index (κ1) is 13.1. The highest BCUT2D eigenvalue weighted by molar-refractivity contribution is 9.09. The Morgan fingerprint density at radius 2 is 2.29 bits per heavy atom. The summed E-state index contributed by atoms with van der Waals surface area (Å²) in [6.07, 6.45) is 3.85. The van der Waals surface area contributed by atoms with E-state index in [4.69, 9.17) is 0 Å². The molecule has 0 saturated heterocycles. The summed E-state index contributed by atoms with van der Waals surface area (Å²) in [5.41, 5.74) is 1.08. The number of alkyl halides is 1. The van der Waals surface area contributed by atoms with Crippen molar-refractivity contribution in [3.63, 3.8) is 0 Å². The molecule has 0 aromatic carbocycles. The van der Waals surface area contributed by atoms with Crippen molar-refractivity contribution in [2.75, 3.05) is 11.9 Å². The molecule has 4 heteroatoms. The monoisotopic (exact) mass is 315 g/mol. The van der Waals surface area contributed by atoms with Crippen LogP contribution in [0.2, 0.25) is 0 Å². The van der Waals surface area contributed by atoms with Crippen molar-refractivity contribution in [2.24, 2.45) is 11.8 Å². The van der Waals surface area contributed by atoms with Crippen LogP contribution in [0.4, 0.5) is 0 Å². The second-order valence-corrected chi connectivity index (χ2v) is 6.31. The Hall–Kier alpha value is -0.350. The largest absolute Gasteiger partial charge is 0.351 e. The van der Waals surface area contributed by atoms with Crippen LogP contribution in [0.15, 0.2) is 11.4 Å². The van der Waals surface area contributed by atoms with Crippen LogP contribution < -0.4 is 5.32 Å². The molecule has 0 bridgehead atoms. The van der Waals surface area contributed by atoms with Gasteiger partial charge >= 0.3 is 0 Å². The Balaban J connectivity index is 1.86. The summed E-state index contributed by atoms with van der Waals surface area (Å²) in [7, 11) is 0. The fourth-order valence-corrected chi connectivity index (χ4v) is 4.19. The molecule has 0 spiro atoms. The van der Waals surface area contributed by atoms with E-state index in [1.54, 1.807) is 0 Å². The van der Waals surface area contributed by atoms with Gasteiger partial charge in [-0.2, -0.15) is 0 Å². The first-order valence-electron chi connectivity index (χ1n) is 6.10. The first-order chi connectivity index (χ1) is 8.22. The lowest BCUT2D eigenvalue weighted by molar-refractivity contribution is 0.0948. The van der Waals surface area contributed by atoms with Crippen LogP contribution in [0.3, 0.4) is 0 Å². The summed E-state index contributed by atoms with van der Waals surface area (Å²) in [6.45, 7) is 2.81. The van der Waals surface area contributed by atoms with Crippen molar-refractivity contribution in [3.8, 4) is 0 Å². The van der Waals surface area contributed by atoms with Gasteiger partial charge in [0.25, 0.3) is 5.91 Å². The molecule has 1 aromatic heterocycles. The van der Waals surface area contributed by atoms with E-state index < -0.39 is 0 Å². The van der Waals surface area contributed by atoms with E-state index in [0.717, 1.165) is 28.2 Å². The fourth-order valence-electron chi connectivity index (χ4n) is 2.49. The minimum Gasteiger partial charge on any atom is -0.351 e. The van der Waals surface area contributed by atoms with Gasteiger partial charge < -0.3 is 5.32 Å². The Labute approximate surface area is 115 Å². The molecule has 2 rings (SSSR count). The SMILES string of the molecule is Cc1ccsc1C(=O)NCC1CCCC1CBr. The van der Waals surface area contributed by atoms with Crippen molar-refractivity contribution >= 4 is 33.2 Å². The Morgan fingerprint density at radius 3 is 2.94 bits per heavy atom. The predicted molar refractivity (Wildman–Crippen MR) is 76.0 cm³/mol. The molecule has 0 radical (unpaired) electrons. The van der Waals surface area contributed by atoms with Crippen LogP contribution in [0.5, 0.6) is 0 Å². The maximum atomic E-state index is 12.0. The van der Waals surface area contributed by atoms with Gasteiger partial charge in [0.2, 0.25) is 0 Å². The summed E-state index contributed by atoms with van der Waals surface area (Å²) in [6, 6.07) is 2.00. The van der Waals surface area contributed by atoms with E-state index in [0.29, 0.717) is 5.92 Å². The van der Waals surface area contributed by atoms with Crippen LogP contribution in [0, 0.1) is 18.8 Å². The van der Waals surface area contributed by atoms with E-state index >= 15 is 0 Å². The molecule has 1 aliphatic carbocycles. The average molecular weight is 316 g/mol. The molecular weight excluding hydrogens is 298 g/mol. The molecule has 1 aromatic rings. The molecule has 1 heterocycles. The van der Waals surface area contributed by atoms with E-state index in [9.17, 15) is 4.79 Å². The van der Waals surface area contributed by atoms with Crippen molar-refractivity contribution < 1.29 is 4.79 Å². The third-order valence-corrected chi connectivity index (χ3v) is 5.45. The fraction of sp³-hybridized carbons (Fsp3) is 0.615. The number of hydrogen-bond donors (Lipinski definition) is 1. The molecular formula is C13H18BrNOS. The van der Waals surface area contributed by atoms with Crippen LogP contribution in [0.1, 0.15) is 34.5 Å². The van der Waals surface area contributed by atoms with Gasteiger partial charge in [0, 0.05) is 11.9 Å². The van der Waals surface area contributed by atoms with Crippen molar-refractivity contribution in [3.05, 3.63) is 21.9 Å².